The molecule has 6 aromatic rings. The number of H-pyrrole nitrogens is 1. The van der Waals surface area contributed by atoms with E-state index in [1.54, 1.807) is 126 Å². The van der Waals surface area contributed by atoms with Gasteiger partial charge in [-0.25, -0.2) is 19.4 Å². The number of carbonyl (C=O) groups is 3. The number of rotatable bonds is 12. The van der Waals surface area contributed by atoms with Crippen LogP contribution in [0, 0.1) is 0 Å². The van der Waals surface area contributed by atoms with Gasteiger partial charge in [-0.3, -0.25) is 9.78 Å². The topological polar surface area (TPSA) is 174 Å². The summed E-state index contributed by atoms with van der Waals surface area (Å²) < 4.78 is 31.9. The molecule has 4 atom stereocenters. The van der Waals surface area contributed by atoms with Crippen LogP contribution in [0.5, 0.6) is 5.75 Å². The molecule has 14 heteroatoms. The summed E-state index contributed by atoms with van der Waals surface area (Å²) in [5, 5.41) is 0.554. The summed E-state index contributed by atoms with van der Waals surface area (Å²) in [6.45, 7) is -0.0679. The van der Waals surface area contributed by atoms with Crippen LogP contribution in [0.4, 0.5) is 5.95 Å². The second-order valence-electron chi connectivity index (χ2n) is 12.3. The Morgan fingerprint density at radius 2 is 1.33 bits per heavy atom. The molecule has 0 amide bonds. The van der Waals surface area contributed by atoms with Crippen LogP contribution in [0.3, 0.4) is 0 Å². The molecule has 0 spiro atoms. The minimum atomic E-state index is -1.32. The number of benzene rings is 4. The highest BCUT2D eigenvalue weighted by Crippen LogP contribution is 2.41. The number of aromatic amines is 1. The second kappa shape index (κ2) is 16.1. The highest BCUT2D eigenvalue weighted by atomic mass is 35.5. The third-order valence-corrected chi connectivity index (χ3v) is 8.95. The summed E-state index contributed by atoms with van der Waals surface area (Å²) in [5.41, 5.74) is 6.85. The number of fused-ring (bicyclic) bond motifs is 1. The van der Waals surface area contributed by atoms with E-state index in [9.17, 15) is 19.2 Å². The average Bonchev–Trinajstić information content (AvgIpc) is 3.72. The molecule has 13 nitrogen and oxygen atoms in total. The van der Waals surface area contributed by atoms with Crippen molar-refractivity contribution in [2.45, 2.75) is 31.0 Å². The quantitative estimate of drug-likeness (QED) is 0.115. The maximum absolute atomic E-state index is 13.7. The zero-order chi connectivity index (χ0) is 37.6. The molecule has 2 aromatic heterocycles. The Hall–Kier alpha value is -6.44. The lowest BCUT2D eigenvalue weighted by atomic mass is 10.0. The molecule has 0 saturated carbocycles. The van der Waals surface area contributed by atoms with E-state index in [4.69, 9.17) is 41.0 Å². The Labute approximate surface area is 313 Å². The van der Waals surface area contributed by atoms with Crippen molar-refractivity contribution in [3.05, 3.63) is 159 Å². The standard InChI is InChI=1S/C40H33ClN4O9/c41-27-16-18-28(19-17-27)50-21-20-45-22-29(31-32(45)36(46)44-40(42)43-31)33-35(54-39(49)26-14-8-3-9-15-26)34(53-38(48)25-12-6-2-7-13-25)30(52-33)23-51-37(47)24-10-4-1-5-11-24/h1-19,22,30,33-35H,20-21,23H2,(H3,42,43,44,46)/t30-,33+,34-,35+/m1/s1. The molecule has 1 fully saturated rings. The first-order valence-corrected chi connectivity index (χ1v) is 17.3. The summed E-state index contributed by atoms with van der Waals surface area (Å²) in [6, 6.07) is 31.7. The van der Waals surface area contributed by atoms with E-state index in [-0.39, 0.29) is 47.9 Å². The fourth-order valence-electron chi connectivity index (χ4n) is 6.15. The van der Waals surface area contributed by atoms with Crippen molar-refractivity contribution in [2.75, 3.05) is 18.9 Å². The van der Waals surface area contributed by atoms with Crippen LogP contribution in [0.25, 0.3) is 11.0 Å². The first-order valence-electron chi connectivity index (χ1n) is 16.9. The highest BCUT2D eigenvalue weighted by molar-refractivity contribution is 6.30. The minimum Gasteiger partial charge on any atom is -0.492 e. The number of nitrogen functional groups attached to an aromatic ring is 1. The molecule has 7 rings (SSSR count). The first kappa shape index (κ1) is 35.9. The van der Waals surface area contributed by atoms with Crippen LogP contribution in [0.1, 0.15) is 42.7 Å². The number of aromatic nitrogens is 3. The number of halogens is 1. The molecular weight excluding hydrogens is 716 g/mol. The monoisotopic (exact) mass is 748 g/mol. The molecule has 3 heterocycles. The molecule has 0 radical (unpaired) electrons. The third-order valence-electron chi connectivity index (χ3n) is 8.69. The summed E-state index contributed by atoms with van der Waals surface area (Å²) in [7, 11) is 0. The van der Waals surface area contributed by atoms with Gasteiger partial charge in [-0.2, -0.15) is 0 Å². The van der Waals surface area contributed by atoms with E-state index in [1.807, 2.05) is 0 Å². The Bertz CT molecular complexity index is 2320. The van der Waals surface area contributed by atoms with E-state index in [0.29, 0.717) is 21.9 Å². The molecule has 3 N–H and O–H groups in total. The molecule has 0 unspecified atom stereocenters. The maximum atomic E-state index is 13.7. The lowest BCUT2D eigenvalue weighted by Gasteiger charge is -2.24. The molecule has 4 aromatic carbocycles. The van der Waals surface area contributed by atoms with Gasteiger partial charge in [0.1, 0.15) is 42.2 Å². The van der Waals surface area contributed by atoms with Crippen molar-refractivity contribution in [1.82, 2.24) is 14.5 Å². The number of nitrogens with two attached hydrogens (primary N) is 1. The summed E-state index contributed by atoms with van der Waals surface area (Å²) in [5.74, 6) is -1.71. The van der Waals surface area contributed by atoms with E-state index in [1.165, 1.54) is 0 Å². The Balaban J connectivity index is 1.27. The van der Waals surface area contributed by atoms with E-state index in [0.717, 1.165) is 0 Å². The van der Waals surface area contributed by atoms with Gasteiger partial charge in [-0.1, -0.05) is 66.2 Å². The molecular formula is C40H33ClN4O9. The highest BCUT2D eigenvalue weighted by Gasteiger charge is 2.52. The van der Waals surface area contributed by atoms with Gasteiger partial charge in [-0.05, 0) is 60.7 Å². The van der Waals surface area contributed by atoms with Crippen molar-refractivity contribution < 1.29 is 38.1 Å². The number of hydrogen-bond donors (Lipinski definition) is 2. The lowest BCUT2D eigenvalue weighted by molar-refractivity contribution is -0.0449. The number of anilines is 1. The van der Waals surface area contributed by atoms with Crippen LogP contribution in [-0.2, 0) is 25.5 Å². The predicted molar refractivity (Wildman–Crippen MR) is 197 cm³/mol. The molecule has 0 bridgehead atoms. The van der Waals surface area contributed by atoms with Gasteiger partial charge in [0.05, 0.1) is 23.2 Å². The largest absolute Gasteiger partial charge is 0.492 e. The number of esters is 3. The van der Waals surface area contributed by atoms with Gasteiger partial charge in [-0.15, -0.1) is 0 Å². The Morgan fingerprint density at radius 3 is 1.93 bits per heavy atom. The Morgan fingerprint density at radius 1 is 0.778 bits per heavy atom. The summed E-state index contributed by atoms with van der Waals surface area (Å²) in [4.78, 5) is 60.7. The lowest BCUT2D eigenvalue weighted by Crippen LogP contribution is -2.40. The van der Waals surface area contributed by atoms with Gasteiger partial charge < -0.3 is 34.0 Å². The number of carbonyl (C=O) groups excluding carboxylic acids is 3. The van der Waals surface area contributed by atoms with Crippen LogP contribution in [0.2, 0.25) is 5.02 Å². The van der Waals surface area contributed by atoms with Crippen molar-refractivity contribution >= 4 is 46.5 Å². The summed E-state index contributed by atoms with van der Waals surface area (Å²) >= 11 is 6.01. The zero-order valence-electron chi connectivity index (χ0n) is 28.5. The SMILES string of the molecule is Nc1nc2c([C@@H]3O[C@H](COC(=O)c4ccccc4)[C@@H](OC(=O)c4ccccc4)[C@H]3OC(=O)c3ccccc3)cn(CCOc3ccc(Cl)cc3)c2c(=O)[nH]1. The molecule has 274 valence electrons. The van der Waals surface area contributed by atoms with Crippen LogP contribution in [0.15, 0.2) is 126 Å². The number of nitrogens with one attached hydrogen (secondary N) is 1. The van der Waals surface area contributed by atoms with Crippen molar-refractivity contribution in [3.63, 3.8) is 0 Å². The van der Waals surface area contributed by atoms with E-state index >= 15 is 0 Å². The predicted octanol–water partition coefficient (Wildman–Crippen LogP) is 5.79. The second-order valence-corrected chi connectivity index (χ2v) is 12.7. The van der Waals surface area contributed by atoms with Gasteiger partial charge >= 0.3 is 17.9 Å². The molecule has 1 aliphatic rings. The zero-order valence-corrected chi connectivity index (χ0v) is 29.3. The summed E-state index contributed by atoms with van der Waals surface area (Å²) in [6.07, 6.45) is -3.33. The average molecular weight is 749 g/mol. The van der Waals surface area contributed by atoms with E-state index in [2.05, 4.69) is 9.97 Å². The smallest absolute Gasteiger partial charge is 0.338 e. The number of nitrogens with zero attached hydrogens (tertiary/aromatic N) is 2. The molecule has 0 aliphatic carbocycles. The number of hydrogen-bond acceptors (Lipinski definition) is 11. The first-order chi connectivity index (χ1) is 26.2. The fourth-order valence-corrected chi connectivity index (χ4v) is 6.28. The fraction of sp³-hybridized carbons (Fsp3) is 0.175. The van der Waals surface area contributed by atoms with Gasteiger partial charge in [0.15, 0.2) is 12.2 Å². The van der Waals surface area contributed by atoms with Crippen LogP contribution < -0.4 is 16.0 Å². The molecule has 1 saturated heterocycles. The number of ether oxygens (including phenoxy) is 5. The van der Waals surface area contributed by atoms with E-state index < -0.39 is 47.9 Å². The normalized spacial score (nSPS) is 17.9. The van der Waals surface area contributed by atoms with Gasteiger partial charge in [0.25, 0.3) is 5.56 Å². The van der Waals surface area contributed by atoms with Crippen molar-refractivity contribution in [1.29, 1.82) is 0 Å². The van der Waals surface area contributed by atoms with Crippen molar-refractivity contribution in [3.8, 4) is 5.75 Å². The van der Waals surface area contributed by atoms with Gasteiger partial charge in [0, 0.05) is 16.8 Å². The maximum Gasteiger partial charge on any atom is 0.338 e. The van der Waals surface area contributed by atoms with Gasteiger partial charge in [0.2, 0.25) is 5.95 Å². The Kier molecular flexibility index (Phi) is 10.7. The molecule has 1 aliphatic heterocycles. The van der Waals surface area contributed by atoms with Crippen molar-refractivity contribution in [2.24, 2.45) is 0 Å². The third kappa shape index (κ3) is 7.97. The van der Waals surface area contributed by atoms with Crippen LogP contribution >= 0.6 is 11.6 Å². The molecule has 54 heavy (non-hydrogen) atoms. The minimum absolute atomic E-state index is 0.141. The van der Waals surface area contributed by atoms with Crippen LogP contribution in [-0.4, -0.2) is 64.0 Å².